The minimum atomic E-state index is 0.146. The van der Waals surface area contributed by atoms with E-state index in [-0.39, 0.29) is 6.10 Å². The van der Waals surface area contributed by atoms with Gasteiger partial charge in [-0.05, 0) is 6.07 Å². The van der Waals surface area contributed by atoms with Crippen LogP contribution in [0.3, 0.4) is 0 Å². The van der Waals surface area contributed by atoms with Crippen molar-refractivity contribution in [2.75, 3.05) is 13.2 Å². The molecule has 1 atom stereocenters. The molecule has 4 heteroatoms. The van der Waals surface area contributed by atoms with Gasteiger partial charge in [-0.15, -0.1) is 11.6 Å². The molecule has 0 aliphatic carbocycles. The molecule has 0 bridgehead atoms. The van der Waals surface area contributed by atoms with Crippen LogP contribution >= 0.6 is 11.6 Å². The molecule has 14 heavy (non-hydrogen) atoms. The van der Waals surface area contributed by atoms with E-state index in [1.165, 1.54) is 0 Å². The molecule has 0 saturated carbocycles. The summed E-state index contributed by atoms with van der Waals surface area (Å²) >= 11 is 5.67. The van der Waals surface area contributed by atoms with Gasteiger partial charge in [0, 0.05) is 12.5 Å². The number of aromatic nitrogens is 1. The van der Waals surface area contributed by atoms with Gasteiger partial charge >= 0.3 is 0 Å². The van der Waals surface area contributed by atoms with Gasteiger partial charge in [-0.2, -0.15) is 0 Å². The van der Waals surface area contributed by atoms with Crippen LogP contribution in [0.25, 0.3) is 0 Å². The van der Waals surface area contributed by atoms with Crippen molar-refractivity contribution < 1.29 is 9.47 Å². The van der Waals surface area contributed by atoms with Gasteiger partial charge in [-0.3, -0.25) is 0 Å². The Hall–Kier alpha value is -0.800. The summed E-state index contributed by atoms with van der Waals surface area (Å²) in [6.07, 6.45) is 1.08. The van der Waals surface area contributed by atoms with Crippen LogP contribution in [-0.4, -0.2) is 24.3 Å². The maximum absolute atomic E-state index is 5.67. The van der Waals surface area contributed by atoms with E-state index in [0.29, 0.717) is 18.4 Å². The van der Waals surface area contributed by atoms with Gasteiger partial charge in [0.05, 0.1) is 24.8 Å². The van der Waals surface area contributed by atoms with Crippen LogP contribution in [0, 0.1) is 0 Å². The van der Waals surface area contributed by atoms with Crippen molar-refractivity contribution in [1.29, 1.82) is 0 Å². The second kappa shape index (κ2) is 4.62. The largest absolute Gasteiger partial charge is 0.472 e. The fraction of sp³-hybridized carbons (Fsp3) is 0.500. The molecule has 0 radical (unpaired) electrons. The third kappa shape index (κ3) is 2.36. The Kier molecular flexibility index (Phi) is 3.22. The van der Waals surface area contributed by atoms with Crippen LogP contribution in [0.4, 0.5) is 0 Å². The van der Waals surface area contributed by atoms with E-state index in [1.54, 1.807) is 0 Å². The molecule has 1 aliphatic heterocycles. The molecule has 0 N–H and O–H groups in total. The van der Waals surface area contributed by atoms with E-state index in [0.717, 1.165) is 18.7 Å². The summed E-state index contributed by atoms with van der Waals surface area (Å²) in [4.78, 5) is 4.24. The lowest BCUT2D eigenvalue weighted by Crippen LogP contribution is -2.16. The number of nitrogens with zero attached hydrogens (tertiary/aromatic N) is 1. The molecule has 0 amide bonds. The standard InChI is InChI=1S/C10H12ClNO2/c11-6-8-2-1-3-10(12-8)14-9-4-5-13-7-9/h1-3,9H,4-7H2. The molecular weight excluding hydrogens is 202 g/mol. The van der Waals surface area contributed by atoms with Crippen molar-refractivity contribution in [1.82, 2.24) is 4.98 Å². The molecule has 1 saturated heterocycles. The van der Waals surface area contributed by atoms with E-state index in [9.17, 15) is 0 Å². The third-order valence-corrected chi connectivity index (χ3v) is 2.37. The van der Waals surface area contributed by atoms with Gasteiger partial charge < -0.3 is 9.47 Å². The van der Waals surface area contributed by atoms with Crippen molar-refractivity contribution in [2.24, 2.45) is 0 Å². The van der Waals surface area contributed by atoms with Crippen molar-refractivity contribution in [3.05, 3.63) is 23.9 Å². The molecule has 1 aromatic heterocycles. The van der Waals surface area contributed by atoms with E-state index < -0.39 is 0 Å². The minimum Gasteiger partial charge on any atom is -0.472 e. The normalized spacial score (nSPS) is 21.1. The third-order valence-electron chi connectivity index (χ3n) is 2.09. The Morgan fingerprint density at radius 1 is 1.57 bits per heavy atom. The van der Waals surface area contributed by atoms with Crippen molar-refractivity contribution in [2.45, 2.75) is 18.4 Å². The first-order valence-corrected chi connectivity index (χ1v) is 5.18. The molecule has 0 aromatic carbocycles. The molecule has 1 aromatic rings. The minimum absolute atomic E-state index is 0.146. The molecule has 3 nitrogen and oxygen atoms in total. The highest BCUT2D eigenvalue weighted by Gasteiger charge is 2.17. The summed E-state index contributed by atoms with van der Waals surface area (Å²) in [7, 11) is 0. The van der Waals surface area contributed by atoms with Gasteiger partial charge in [0.1, 0.15) is 6.10 Å². The molecular formula is C10H12ClNO2. The number of pyridine rings is 1. The lowest BCUT2D eigenvalue weighted by atomic mass is 10.3. The fourth-order valence-electron chi connectivity index (χ4n) is 1.37. The Morgan fingerprint density at radius 2 is 2.50 bits per heavy atom. The summed E-state index contributed by atoms with van der Waals surface area (Å²) in [5, 5.41) is 0. The van der Waals surface area contributed by atoms with Gasteiger partial charge in [-0.1, -0.05) is 6.07 Å². The highest BCUT2D eigenvalue weighted by atomic mass is 35.5. The SMILES string of the molecule is ClCc1cccc(OC2CCOC2)n1. The second-order valence-electron chi connectivity index (χ2n) is 3.20. The maximum Gasteiger partial charge on any atom is 0.213 e. The lowest BCUT2D eigenvalue weighted by Gasteiger charge is -2.10. The number of halogens is 1. The quantitative estimate of drug-likeness (QED) is 0.720. The first kappa shape index (κ1) is 9.74. The van der Waals surface area contributed by atoms with Crippen molar-refractivity contribution in [3.63, 3.8) is 0 Å². The molecule has 1 fully saturated rings. The van der Waals surface area contributed by atoms with Gasteiger partial charge in [0.25, 0.3) is 0 Å². The second-order valence-corrected chi connectivity index (χ2v) is 3.47. The summed E-state index contributed by atoms with van der Waals surface area (Å²) in [6, 6.07) is 5.62. The summed E-state index contributed by atoms with van der Waals surface area (Å²) in [5.41, 5.74) is 0.836. The van der Waals surface area contributed by atoms with Crippen LogP contribution < -0.4 is 4.74 Å². The predicted octanol–water partition coefficient (Wildman–Crippen LogP) is 1.99. The van der Waals surface area contributed by atoms with Crippen LogP contribution in [-0.2, 0) is 10.6 Å². The monoisotopic (exact) mass is 213 g/mol. The number of rotatable bonds is 3. The predicted molar refractivity (Wildman–Crippen MR) is 53.6 cm³/mol. The van der Waals surface area contributed by atoms with Gasteiger partial charge in [0.2, 0.25) is 5.88 Å². The molecule has 1 unspecified atom stereocenters. The zero-order valence-corrected chi connectivity index (χ0v) is 8.54. The first-order chi connectivity index (χ1) is 6.88. The Balaban J connectivity index is 2.00. The van der Waals surface area contributed by atoms with E-state index in [1.807, 2.05) is 18.2 Å². The van der Waals surface area contributed by atoms with E-state index in [4.69, 9.17) is 21.1 Å². The average Bonchev–Trinajstić information content (AvgIpc) is 2.71. The maximum atomic E-state index is 5.67. The summed E-state index contributed by atoms with van der Waals surface area (Å²) in [6.45, 7) is 1.44. The molecule has 0 spiro atoms. The molecule has 1 aliphatic rings. The van der Waals surface area contributed by atoms with Crippen molar-refractivity contribution in [3.8, 4) is 5.88 Å². The van der Waals surface area contributed by atoms with Crippen LogP contribution in [0.1, 0.15) is 12.1 Å². The van der Waals surface area contributed by atoms with Crippen molar-refractivity contribution >= 4 is 11.6 Å². The van der Waals surface area contributed by atoms with Crippen LogP contribution in [0.15, 0.2) is 18.2 Å². The van der Waals surface area contributed by atoms with Crippen LogP contribution in [0.2, 0.25) is 0 Å². The Labute approximate surface area is 88.0 Å². The zero-order valence-electron chi connectivity index (χ0n) is 7.78. The van der Waals surface area contributed by atoms with E-state index >= 15 is 0 Å². The molecule has 2 rings (SSSR count). The number of alkyl halides is 1. The van der Waals surface area contributed by atoms with Gasteiger partial charge in [0.15, 0.2) is 0 Å². The summed E-state index contributed by atoms with van der Waals surface area (Å²) in [5.74, 6) is 1.05. The van der Waals surface area contributed by atoms with E-state index in [2.05, 4.69) is 4.98 Å². The topological polar surface area (TPSA) is 31.4 Å². The van der Waals surface area contributed by atoms with Gasteiger partial charge in [-0.25, -0.2) is 4.98 Å². The number of hydrogen-bond acceptors (Lipinski definition) is 3. The fourth-order valence-corrected chi connectivity index (χ4v) is 1.52. The molecule has 2 heterocycles. The Bertz CT molecular complexity index is 300. The summed E-state index contributed by atoms with van der Waals surface area (Å²) < 4.78 is 10.8. The lowest BCUT2D eigenvalue weighted by molar-refractivity contribution is 0.138. The average molecular weight is 214 g/mol. The zero-order chi connectivity index (χ0) is 9.80. The number of ether oxygens (including phenoxy) is 2. The van der Waals surface area contributed by atoms with Crippen LogP contribution in [0.5, 0.6) is 5.88 Å². The Morgan fingerprint density at radius 3 is 3.21 bits per heavy atom. The highest BCUT2D eigenvalue weighted by Crippen LogP contribution is 2.15. The first-order valence-electron chi connectivity index (χ1n) is 4.65. The highest BCUT2D eigenvalue weighted by molar-refractivity contribution is 6.16. The smallest absolute Gasteiger partial charge is 0.213 e. The molecule has 76 valence electrons. The number of hydrogen-bond donors (Lipinski definition) is 0.